The summed E-state index contributed by atoms with van der Waals surface area (Å²) in [6, 6.07) is 20.6. The van der Waals surface area contributed by atoms with E-state index in [0.717, 1.165) is 11.3 Å². The van der Waals surface area contributed by atoms with E-state index >= 15 is 0 Å². The van der Waals surface area contributed by atoms with Crippen LogP contribution < -0.4 is 0 Å². The maximum Gasteiger partial charge on any atom is 0.316 e. The fraction of sp³-hybridized carbons (Fsp3) is 0.467. The van der Waals surface area contributed by atoms with Crippen molar-refractivity contribution < 1.29 is 30.0 Å². The number of fused-ring (bicyclic) bond motifs is 1. The number of aliphatic hydroxyl groups is 1. The first-order valence-electron chi connectivity index (χ1n) is 11.6. The maximum absolute atomic E-state index is 8.40. The van der Waals surface area contributed by atoms with Crippen molar-refractivity contribution in [3.63, 3.8) is 0 Å². The van der Waals surface area contributed by atoms with Gasteiger partial charge in [0, 0.05) is 25.5 Å². The Balaban J connectivity index is 0.000000633. The fourth-order valence-electron chi connectivity index (χ4n) is 4.33. The van der Waals surface area contributed by atoms with Gasteiger partial charge in [-0.3, -0.25) is 4.79 Å². The molecule has 0 atom stereocenters. The molecule has 0 spiro atoms. The number of nitrogens with zero attached hydrogens (tertiary/aromatic N) is 1. The van der Waals surface area contributed by atoms with E-state index in [1.807, 2.05) is 12.1 Å². The molecular weight excluding hydrogens is 599 g/mol. The van der Waals surface area contributed by atoms with Gasteiger partial charge in [0.05, 0.1) is 24.3 Å². The van der Waals surface area contributed by atoms with Crippen LogP contribution >= 0.6 is 0 Å². The molecule has 0 bridgehead atoms. The van der Waals surface area contributed by atoms with Crippen molar-refractivity contribution in [1.82, 2.24) is 0 Å². The molecular formula is C30H41IrNO2. The number of rotatable bonds is 2. The standard InChI is InChI=1S/C25H32N.C5H8O2.Ir/c1-22(2)19-16-12-13-17-20(19)23(3,4)25(7,8)26-21(24(22,5)6)18-14-10-9-11-15-18;1-4(6)3-5(2)7;/h9-14,16-17H,1-8H3;3,6H,1-2H3;/q-1;;/p+1/b;4-3-;. The Morgan fingerprint density at radius 2 is 1.32 bits per heavy atom. The molecule has 2 aromatic carbocycles. The molecule has 2 aromatic rings. The van der Waals surface area contributed by atoms with Crippen molar-refractivity contribution in [1.29, 1.82) is 0 Å². The van der Waals surface area contributed by atoms with Crippen molar-refractivity contribution >= 4 is 11.5 Å². The first kappa shape index (κ1) is 30.0. The molecule has 187 valence electrons. The summed E-state index contributed by atoms with van der Waals surface area (Å²) in [5.41, 5.74) is 4.54. The molecule has 0 aromatic heterocycles. The van der Waals surface area contributed by atoms with Crippen molar-refractivity contribution in [2.75, 3.05) is 0 Å². The zero-order valence-corrected chi connectivity index (χ0v) is 24.8. The van der Waals surface area contributed by atoms with Gasteiger partial charge in [-0.1, -0.05) is 65.8 Å². The number of ketones is 1. The number of aliphatic hydroxyl groups excluding tert-OH is 1. The number of carbonyl (C=O) groups excluding carboxylic acids is 1. The molecule has 1 radical (unpaired) electrons. The first-order valence-corrected chi connectivity index (χ1v) is 11.6. The van der Waals surface area contributed by atoms with Gasteiger partial charge in [-0.05, 0) is 48.4 Å². The molecule has 0 unspecified atom stereocenters. The molecule has 1 heterocycles. The second-order valence-corrected chi connectivity index (χ2v) is 11.1. The van der Waals surface area contributed by atoms with Crippen LogP contribution in [0.3, 0.4) is 0 Å². The topological polar surface area (TPSA) is 54.0 Å². The van der Waals surface area contributed by atoms with E-state index < -0.39 is 0 Å². The van der Waals surface area contributed by atoms with Gasteiger partial charge in [0.2, 0.25) is 0 Å². The number of hydrogen-bond acceptors (Lipinski definition) is 2. The van der Waals surface area contributed by atoms with Crippen LogP contribution in [0.4, 0.5) is 0 Å². The van der Waals surface area contributed by atoms with E-state index in [2.05, 4.69) is 97.9 Å². The van der Waals surface area contributed by atoms with Crippen molar-refractivity contribution in [3.05, 3.63) is 83.1 Å². The smallest absolute Gasteiger partial charge is 0.316 e. The SMILES string of the molecule is CC(=[OH+])/C=C(/C)O.CC1(C)N=C(c2[c-]cccc2)C(C)(C)C(C)(C)c2ccccc2C1(C)C.[Ir]. The minimum atomic E-state index is -0.240. The van der Waals surface area contributed by atoms with Crippen LogP contribution in [-0.2, 0) is 30.9 Å². The minimum Gasteiger partial charge on any atom is -0.512 e. The van der Waals surface area contributed by atoms with Crippen molar-refractivity contribution in [2.45, 2.75) is 85.6 Å². The van der Waals surface area contributed by atoms with Gasteiger partial charge in [-0.2, -0.15) is 0 Å². The summed E-state index contributed by atoms with van der Waals surface area (Å²) < 4.78 is 0. The Bertz CT molecular complexity index is 1060. The van der Waals surface area contributed by atoms with E-state index in [4.69, 9.17) is 14.9 Å². The summed E-state index contributed by atoms with van der Waals surface area (Å²) in [5.74, 6) is 0.250. The molecule has 3 nitrogen and oxygen atoms in total. The van der Waals surface area contributed by atoms with Crippen LogP contribution in [0.1, 0.15) is 85.9 Å². The summed E-state index contributed by atoms with van der Waals surface area (Å²) in [4.78, 5) is 13.8. The monoisotopic (exact) mass is 640 g/mol. The summed E-state index contributed by atoms with van der Waals surface area (Å²) in [7, 11) is 0. The summed E-state index contributed by atoms with van der Waals surface area (Å²) in [6.07, 6.45) is 1.28. The second-order valence-electron chi connectivity index (χ2n) is 11.1. The van der Waals surface area contributed by atoms with E-state index in [-0.39, 0.29) is 53.4 Å². The van der Waals surface area contributed by atoms with E-state index in [0.29, 0.717) is 0 Å². The molecule has 3 rings (SSSR count). The van der Waals surface area contributed by atoms with Crippen LogP contribution in [0.2, 0.25) is 0 Å². The normalized spacial score (nSPS) is 19.6. The van der Waals surface area contributed by atoms with Gasteiger partial charge in [0.25, 0.3) is 0 Å². The predicted molar refractivity (Wildman–Crippen MR) is 141 cm³/mol. The van der Waals surface area contributed by atoms with Crippen molar-refractivity contribution in [2.24, 2.45) is 10.4 Å². The maximum atomic E-state index is 8.40. The summed E-state index contributed by atoms with van der Waals surface area (Å²) >= 11 is 0. The number of aliphatic imine (C=N–C) groups is 1. The molecule has 2 N–H and O–H groups in total. The van der Waals surface area contributed by atoms with Crippen LogP contribution in [0.15, 0.2) is 65.4 Å². The third-order valence-corrected chi connectivity index (χ3v) is 7.73. The second kappa shape index (κ2) is 10.7. The number of benzene rings is 2. The fourth-order valence-corrected chi connectivity index (χ4v) is 4.33. The molecule has 1 aliphatic heterocycles. The third-order valence-electron chi connectivity index (χ3n) is 7.73. The quantitative estimate of drug-likeness (QED) is 0.159. The van der Waals surface area contributed by atoms with Crippen LogP contribution in [0.5, 0.6) is 0 Å². The average molecular weight is 640 g/mol. The Labute approximate surface area is 220 Å². The summed E-state index contributed by atoms with van der Waals surface area (Å²) in [5, 5.41) is 8.40. The van der Waals surface area contributed by atoms with Gasteiger partial charge in [-0.25, -0.2) is 0 Å². The van der Waals surface area contributed by atoms with Gasteiger partial charge >= 0.3 is 5.78 Å². The van der Waals surface area contributed by atoms with Crippen LogP contribution in [0.25, 0.3) is 0 Å². The number of hydrogen-bond donors (Lipinski definition) is 1. The van der Waals surface area contributed by atoms with Gasteiger partial charge < -0.3 is 10.1 Å². The molecule has 0 fully saturated rings. The molecule has 4 heteroatoms. The summed E-state index contributed by atoms with van der Waals surface area (Å²) in [6.45, 7) is 21.6. The van der Waals surface area contributed by atoms with E-state index in [9.17, 15) is 0 Å². The van der Waals surface area contributed by atoms with E-state index in [1.54, 1.807) is 0 Å². The third kappa shape index (κ3) is 5.78. The van der Waals surface area contributed by atoms with Gasteiger partial charge in [0.1, 0.15) is 0 Å². The van der Waals surface area contributed by atoms with Gasteiger partial charge in [-0.15, -0.1) is 35.9 Å². The molecule has 0 amide bonds. The Kier molecular flexibility index (Phi) is 9.45. The van der Waals surface area contributed by atoms with Crippen LogP contribution in [0, 0.1) is 11.5 Å². The first-order chi connectivity index (χ1) is 15.1. The molecule has 0 saturated heterocycles. The molecule has 0 saturated carbocycles. The van der Waals surface area contributed by atoms with E-state index in [1.165, 1.54) is 31.1 Å². The molecule has 1 aliphatic rings. The van der Waals surface area contributed by atoms with Crippen LogP contribution in [-0.4, -0.2) is 26.9 Å². The Morgan fingerprint density at radius 3 is 1.74 bits per heavy atom. The van der Waals surface area contributed by atoms with Gasteiger partial charge in [0.15, 0.2) is 0 Å². The minimum absolute atomic E-state index is 0. The Hall–Kier alpha value is -2.03. The zero-order chi connectivity index (χ0) is 25.2. The predicted octanol–water partition coefficient (Wildman–Crippen LogP) is 7.36. The molecule has 0 aliphatic carbocycles. The largest absolute Gasteiger partial charge is 0.512 e. The average Bonchev–Trinajstić information content (AvgIpc) is 2.71. The zero-order valence-electron chi connectivity index (χ0n) is 22.4. The Morgan fingerprint density at radius 1 is 0.824 bits per heavy atom. The number of allylic oxidation sites excluding steroid dienone is 2. The van der Waals surface area contributed by atoms with Crippen molar-refractivity contribution in [3.8, 4) is 0 Å². The molecule has 34 heavy (non-hydrogen) atoms.